The molecule has 1 fully saturated rings. The van der Waals surface area contributed by atoms with Gasteiger partial charge < -0.3 is 10.6 Å². The van der Waals surface area contributed by atoms with E-state index in [1.165, 1.54) is 12.1 Å². The fraction of sp³-hybridized carbons (Fsp3) is 0.130. The van der Waals surface area contributed by atoms with Gasteiger partial charge in [0, 0.05) is 22.1 Å². The monoisotopic (exact) mass is 698 g/mol. The first kappa shape index (κ1) is 29.8. The first-order valence-electron chi connectivity index (χ1n) is 10.5. The molecule has 3 aromatic rings. The Kier molecular flexibility index (Phi) is 7.00. The molecule has 1 saturated carbocycles. The molecular weight excluding hydrogens is 688 g/mol. The Balaban J connectivity index is 1.56. The molecule has 4 rings (SSSR count). The zero-order valence-electron chi connectivity index (χ0n) is 18.7. The van der Waals surface area contributed by atoms with Crippen LogP contribution < -0.4 is 10.6 Å². The van der Waals surface area contributed by atoms with Crippen molar-refractivity contribution in [3.05, 3.63) is 86.9 Å². The largest absolute Gasteiger partial charge is 0.326 e. The third-order valence-electron chi connectivity index (χ3n) is 5.69. The summed E-state index contributed by atoms with van der Waals surface area (Å²) < 4.78 is 91.7. The topological polar surface area (TPSA) is 58.2 Å². The van der Waals surface area contributed by atoms with Gasteiger partial charge >= 0.3 is 10.2 Å². The Bertz CT molecular complexity index is 1540. The lowest BCUT2D eigenvalue weighted by Gasteiger charge is -2.40. The van der Waals surface area contributed by atoms with Crippen molar-refractivity contribution < 1.29 is 37.8 Å². The lowest BCUT2D eigenvalue weighted by Crippen LogP contribution is -2.18. The summed E-state index contributed by atoms with van der Waals surface area (Å²) in [5.74, 6) is -6.36. The first-order chi connectivity index (χ1) is 17.7. The van der Waals surface area contributed by atoms with Crippen LogP contribution in [0.1, 0.15) is 21.8 Å². The summed E-state index contributed by atoms with van der Waals surface area (Å²) in [6, 6.07) is 7.57. The van der Waals surface area contributed by atoms with Crippen molar-refractivity contribution in [2.45, 2.75) is 15.1 Å². The van der Waals surface area contributed by atoms with Gasteiger partial charge in [0.15, 0.2) is 0 Å². The second-order valence-corrected chi connectivity index (χ2v) is 13.8. The first-order valence-corrected chi connectivity index (χ1v) is 14.3. The van der Waals surface area contributed by atoms with Crippen LogP contribution in [0.3, 0.4) is 0 Å². The van der Waals surface area contributed by atoms with Crippen molar-refractivity contribution in [3.63, 3.8) is 0 Å². The summed E-state index contributed by atoms with van der Waals surface area (Å²) in [5, 5.41) is 4.50. The van der Waals surface area contributed by atoms with E-state index in [0.29, 0.717) is 6.07 Å². The van der Waals surface area contributed by atoms with Crippen molar-refractivity contribution in [1.82, 2.24) is 0 Å². The molecule has 4 nitrogen and oxygen atoms in total. The van der Waals surface area contributed by atoms with E-state index in [4.69, 9.17) is 34.8 Å². The minimum Gasteiger partial charge on any atom is -0.326 e. The van der Waals surface area contributed by atoms with Crippen LogP contribution in [-0.4, -0.2) is 16.1 Å². The van der Waals surface area contributed by atoms with E-state index < -0.39 is 54.7 Å². The summed E-state index contributed by atoms with van der Waals surface area (Å²) in [6.07, 6.45) is 0. The van der Waals surface area contributed by atoms with E-state index in [-0.39, 0.29) is 44.1 Å². The predicted octanol–water partition coefficient (Wildman–Crippen LogP) is 9.82. The number of carbonyl (C=O) groups excluding carboxylic acids is 2. The molecule has 0 unspecified atom stereocenters. The van der Waals surface area contributed by atoms with Gasteiger partial charge in [-0.25, -0.2) is 8.78 Å². The highest BCUT2D eigenvalue weighted by molar-refractivity contribution is 9.10. The van der Waals surface area contributed by atoms with Crippen LogP contribution in [-0.2, 0) is 4.79 Å². The molecule has 2 amide bonds. The van der Waals surface area contributed by atoms with Crippen LogP contribution in [0.15, 0.2) is 64.0 Å². The normalized spacial score (nSPS) is 20.0. The quantitative estimate of drug-likeness (QED) is 0.199. The molecule has 0 aromatic heterocycles. The lowest BCUT2D eigenvalue weighted by atomic mass is 10.1. The third-order valence-corrected chi connectivity index (χ3v) is 8.55. The van der Waals surface area contributed by atoms with Crippen LogP contribution >= 0.6 is 61.0 Å². The SMILES string of the molecule is O=C(Nc1ccc(F)cc1F)c1cc(NC(=O)[C@H]2[C@H](c3cc(Br)cc(S(F)(F)(F)(F)F)c3)C2(Cl)Cl)ccc1Cl. The summed E-state index contributed by atoms with van der Waals surface area (Å²) >= 11 is 21.1. The van der Waals surface area contributed by atoms with Crippen LogP contribution in [0, 0.1) is 17.6 Å². The molecule has 1 aliphatic rings. The molecular formula is C23H13BrCl3F7N2O2S. The zero-order chi connectivity index (χ0) is 29.2. The third kappa shape index (κ3) is 6.43. The molecule has 0 spiro atoms. The number of anilines is 2. The number of rotatable bonds is 6. The van der Waals surface area contributed by atoms with E-state index >= 15 is 0 Å². The van der Waals surface area contributed by atoms with E-state index in [2.05, 4.69) is 26.6 Å². The van der Waals surface area contributed by atoms with Crippen molar-refractivity contribution >= 4 is 84.1 Å². The van der Waals surface area contributed by atoms with Gasteiger partial charge in [0.1, 0.15) is 20.9 Å². The van der Waals surface area contributed by atoms with Crippen molar-refractivity contribution in [1.29, 1.82) is 0 Å². The van der Waals surface area contributed by atoms with E-state index in [1.54, 1.807) is 0 Å². The summed E-state index contributed by atoms with van der Waals surface area (Å²) in [5.41, 5.74) is -0.941. The Labute approximate surface area is 239 Å². The maximum atomic E-state index is 13.9. The van der Waals surface area contributed by atoms with Crippen molar-refractivity contribution in [2.24, 2.45) is 5.92 Å². The molecule has 0 bridgehead atoms. The molecule has 1 aliphatic carbocycles. The fourth-order valence-corrected chi connectivity index (χ4v) is 6.23. The molecule has 2 atom stereocenters. The minimum absolute atomic E-state index is 0.0224. The van der Waals surface area contributed by atoms with Gasteiger partial charge in [0.05, 0.1) is 22.2 Å². The second kappa shape index (κ2) is 9.16. The van der Waals surface area contributed by atoms with E-state index in [9.17, 15) is 37.8 Å². The molecule has 0 saturated heterocycles. The second-order valence-electron chi connectivity index (χ2n) is 8.58. The molecule has 0 radical (unpaired) electrons. The Morgan fingerprint density at radius 2 is 1.56 bits per heavy atom. The summed E-state index contributed by atoms with van der Waals surface area (Å²) in [4.78, 5) is 23.4. The average Bonchev–Trinajstić information content (AvgIpc) is 3.37. The van der Waals surface area contributed by atoms with Gasteiger partial charge in [-0.05, 0) is 54.1 Å². The number of carbonyl (C=O) groups is 2. The highest BCUT2D eigenvalue weighted by Crippen LogP contribution is 3.02. The van der Waals surface area contributed by atoms with Crippen molar-refractivity contribution in [2.75, 3.05) is 10.6 Å². The number of amides is 2. The number of halogens is 11. The molecule has 210 valence electrons. The van der Waals surface area contributed by atoms with Crippen LogP contribution in [0.4, 0.5) is 39.6 Å². The van der Waals surface area contributed by atoms with Gasteiger partial charge in [-0.3, -0.25) is 9.59 Å². The Hall–Kier alpha value is -2.19. The lowest BCUT2D eigenvalue weighted by molar-refractivity contribution is -0.117. The fourth-order valence-electron chi connectivity index (χ4n) is 3.83. The van der Waals surface area contributed by atoms with Gasteiger partial charge in [-0.15, -0.1) is 23.2 Å². The number of alkyl halides is 2. The Morgan fingerprint density at radius 3 is 2.18 bits per heavy atom. The number of nitrogens with one attached hydrogen (secondary N) is 2. The van der Waals surface area contributed by atoms with Gasteiger partial charge in [-0.1, -0.05) is 47.0 Å². The summed E-state index contributed by atoms with van der Waals surface area (Å²) in [7, 11) is -10.1. The maximum absolute atomic E-state index is 13.9. The highest BCUT2D eigenvalue weighted by atomic mass is 79.9. The number of benzene rings is 3. The standard InChI is InChI=1S/C23H13BrCl3F7N2O2S/c24-11-5-10(6-14(7-11)39(30,31,32,33)34)19-20(23(19,26)27)22(38)35-13-2-3-16(25)15(9-13)21(37)36-18-4-1-12(28)8-17(18)29/h1-9,19-20H,(H,35,38)(H,36,37)/t19-,20+/m0/s1. The van der Waals surface area contributed by atoms with Gasteiger partial charge in [0.2, 0.25) is 5.91 Å². The molecule has 2 N–H and O–H groups in total. The Morgan fingerprint density at radius 1 is 0.897 bits per heavy atom. The molecule has 39 heavy (non-hydrogen) atoms. The molecule has 0 heterocycles. The van der Waals surface area contributed by atoms with Crippen LogP contribution in [0.25, 0.3) is 0 Å². The summed E-state index contributed by atoms with van der Waals surface area (Å²) in [6.45, 7) is 0. The highest BCUT2D eigenvalue weighted by Gasteiger charge is 2.69. The van der Waals surface area contributed by atoms with Crippen LogP contribution in [0.5, 0.6) is 0 Å². The number of hydrogen-bond donors (Lipinski definition) is 2. The average molecular weight is 701 g/mol. The van der Waals surface area contributed by atoms with Crippen molar-refractivity contribution in [3.8, 4) is 0 Å². The minimum atomic E-state index is -10.1. The number of hydrogen-bond acceptors (Lipinski definition) is 2. The van der Waals surface area contributed by atoms with Gasteiger partial charge in [-0.2, -0.15) is 0 Å². The van der Waals surface area contributed by atoms with E-state index in [1.807, 2.05) is 0 Å². The smallest absolute Gasteiger partial charge is 0.310 e. The zero-order valence-corrected chi connectivity index (χ0v) is 23.4. The predicted molar refractivity (Wildman–Crippen MR) is 141 cm³/mol. The molecule has 0 aliphatic heterocycles. The maximum Gasteiger partial charge on any atom is 0.310 e. The molecule has 16 heteroatoms. The van der Waals surface area contributed by atoms with Gasteiger partial charge in [0.25, 0.3) is 5.91 Å². The molecule has 3 aromatic carbocycles. The van der Waals surface area contributed by atoms with Crippen LogP contribution in [0.2, 0.25) is 5.02 Å². The van der Waals surface area contributed by atoms with E-state index in [0.717, 1.165) is 24.3 Å².